The minimum Gasteiger partial charge on any atom is -0.497 e. The van der Waals surface area contributed by atoms with Crippen LogP contribution in [0.2, 0.25) is 0 Å². The van der Waals surface area contributed by atoms with Gasteiger partial charge in [0, 0.05) is 13.1 Å². The van der Waals surface area contributed by atoms with Crippen LogP contribution < -0.4 is 15.4 Å². The van der Waals surface area contributed by atoms with Crippen LogP contribution in [0.3, 0.4) is 0 Å². The Bertz CT molecular complexity index is 1080. The Morgan fingerprint density at radius 3 is 1.68 bits per heavy atom. The van der Waals surface area contributed by atoms with E-state index in [9.17, 15) is 9.59 Å². The van der Waals surface area contributed by atoms with E-state index in [-0.39, 0.29) is 5.91 Å². The first-order chi connectivity index (χ1) is 16.2. The zero-order valence-corrected chi connectivity index (χ0v) is 20.2. The fraction of sp³-hybridized carbons (Fsp3) is 0.286. The van der Waals surface area contributed by atoms with Crippen molar-refractivity contribution in [3.05, 3.63) is 89.5 Å². The second kappa shape index (κ2) is 11.4. The Kier molecular flexibility index (Phi) is 8.30. The van der Waals surface area contributed by atoms with Crippen LogP contribution in [-0.4, -0.2) is 24.7 Å². The number of hydrogen-bond acceptors (Lipinski definition) is 4. The minimum absolute atomic E-state index is 0.0344. The molecule has 3 rings (SSSR count). The maximum atomic E-state index is 12.4. The number of carbonyl (C=O) groups is 2. The molecule has 0 aromatic heterocycles. The molecule has 0 atom stereocenters. The van der Waals surface area contributed by atoms with E-state index >= 15 is 0 Å². The van der Waals surface area contributed by atoms with E-state index < -0.39 is 11.7 Å². The first kappa shape index (κ1) is 24.8. The molecular formula is C28H32N2O4. The lowest BCUT2D eigenvalue weighted by atomic mass is 10.0. The van der Waals surface area contributed by atoms with E-state index in [0.29, 0.717) is 19.5 Å². The van der Waals surface area contributed by atoms with Crippen molar-refractivity contribution in [1.82, 2.24) is 10.6 Å². The van der Waals surface area contributed by atoms with Gasteiger partial charge in [0.25, 0.3) is 0 Å². The van der Waals surface area contributed by atoms with E-state index in [1.807, 2.05) is 93.6 Å². The number of alkyl carbamates (subject to hydrolysis) is 1. The van der Waals surface area contributed by atoms with Crippen LogP contribution in [0.1, 0.15) is 37.5 Å². The molecular weight excluding hydrogens is 428 g/mol. The summed E-state index contributed by atoms with van der Waals surface area (Å²) in [6.45, 7) is 6.31. The van der Waals surface area contributed by atoms with Gasteiger partial charge in [-0.3, -0.25) is 4.79 Å². The van der Waals surface area contributed by atoms with Gasteiger partial charge in [0.05, 0.1) is 13.5 Å². The monoisotopic (exact) mass is 460 g/mol. The van der Waals surface area contributed by atoms with Crippen LogP contribution >= 0.6 is 0 Å². The van der Waals surface area contributed by atoms with Crippen LogP contribution in [0.25, 0.3) is 11.1 Å². The predicted octanol–water partition coefficient (Wildman–Crippen LogP) is 5.25. The van der Waals surface area contributed by atoms with Crippen molar-refractivity contribution in [2.45, 2.75) is 45.9 Å². The van der Waals surface area contributed by atoms with Crippen LogP contribution in [0.4, 0.5) is 4.79 Å². The molecule has 2 amide bonds. The van der Waals surface area contributed by atoms with E-state index in [1.165, 1.54) is 0 Å². The van der Waals surface area contributed by atoms with Crippen LogP contribution in [0.5, 0.6) is 5.75 Å². The van der Waals surface area contributed by atoms with Crippen molar-refractivity contribution in [2.75, 3.05) is 7.11 Å². The van der Waals surface area contributed by atoms with Gasteiger partial charge in [-0.25, -0.2) is 4.79 Å². The Morgan fingerprint density at radius 1 is 0.706 bits per heavy atom. The fourth-order valence-electron chi connectivity index (χ4n) is 3.31. The molecule has 6 heteroatoms. The summed E-state index contributed by atoms with van der Waals surface area (Å²) in [4.78, 5) is 24.1. The minimum atomic E-state index is -0.523. The van der Waals surface area contributed by atoms with E-state index in [1.54, 1.807) is 7.11 Å². The second-order valence-corrected chi connectivity index (χ2v) is 9.05. The van der Waals surface area contributed by atoms with Gasteiger partial charge in [0.15, 0.2) is 0 Å². The maximum Gasteiger partial charge on any atom is 0.407 e. The summed E-state index contributed by atoms with van der Waals surface area (Å²) in [5.74, 6) is 0.789. The summed E-state index contributed by atoms with van der Waals surface area (Å²) in [7, 11) is 1.65. The third-order valence-electron chi connectivity index (χ3n) is 5.09. The number of amides is 2. The Balaban J connectivity index is 1.44. The quantitative estimate of drug-likeness (QED) is 0.482. The molecule has 0 spiro atoms. The number of nitrogens with one attached hydrogen (secondary N) is 2. The second-order valence-electron chi connectivity index (χ2n) is 9.05. The van der Waals surface area contributed by atoms with Crippen molar-refractivity contribution in [3.63, 3.8) is 0 Å². The normalized spacial score (nSPS) is 10.9. The predicted molar refractivity (Wildman–Crippen MR) is 133 cm³/mol. The van der Waals surface area contributed by atoms with Gasteiger partial charge < -0.3 is 20.1 Å². The van der Waals surface area contributed by atoms with Crippen molar-refractivity contribution in [3.8, 4) is 16.9 Å². The SMILES string of the molecule is COc1ccc(-c2ccc(CC(=O)NCc3ccc(CNC(=O)OC(C)(C)C)cc3)cc2)cc1. The molecule has 0 heterocycles. The molecule has 3 aromatic carbocycles. The smallest absolute Gasteiger partial charge is 0.407 e. The molecule has 0 unspecified atom stereocenters. The van der Waals surface area contributed by atoms with Gasteiger partial charge in [-0.15, -0.1) is 0 Å². The highest BCUT2D eigenvalue weighted by Crippen LogP contribution is 2.22. The highest BCUT2D eigenvalue weighted by Gasteiger charge is 2.15. The third-order valence-corrected chi connectivity index (χ3v) is 5.09. The standard InChI is InChI=1S/C28H32N2O4/c1-28(2,3)34-27(32)30-19-22-7-5-21(6-8-22)18-29-26(31)17-20-9-11-23(12-10-20)24-13-15-25(33-4)16-14-24/h5-16H,17-19H2,1-4H3,(H,29,31)(H,30,32). The molecule has 0 saturated heterocycles. The molecule has 0 bridgehead atoms. The van der Waals surface area contributed by atoms with Crippen molar-refractivity contribution in [1.29, 1.82) is 0 Å². The van der Waals surface area contributed by atoms with E-state index in [0.717, 1.165) is 33.6 Å². The maximum absolute atomic E-state index is 12.4. The first-order valence-corrected chi connectivity index (χ1v) is 11.3. The third kappa shape index (κ3) is 7.96. The van der Waals surface area contributed by atoms with Crippen LogP contribution in [0.15, 0.2) is 72.8 Å². The van der Waals surface area contributed by atoms with Crippen molar-refractivity contribution < 1.29 is 19.1 Å². The molecule has 0 fully saturated rings. The molecule has 2 N–H and O–H groups in total. The molecule has 0 aliphatic carbocycles. The molecule has 6 nitrogen and oxygen atoms in total. The highest BCUT2D eigenvalue weighted by atomic mass is 16.6. The molecule has 178 valence electrons. The Morgan fingerprint density at radius 2 is 1.18 bits per heavy atom. The van der Waals surface area contributed by atoms with Gasteiger partial charge in [-0.2, -0.15) is 0 Å². The van der Waals surface area contributed by atoms with Crippen molar-refractivity contribution >= 4 is 12.0 Å². The molecule has 0 saturated carbocycles. The lowest BCUT2D eigenvalue weighted by Gasteiger charge is -2.19. The number of ether oxygens (including phenoxy) is 2. The topological polar surface area (TPSA) is 76.7 Å². The Labute approximate surface area is 201 Å². The van der Waals surface area contributed by atoms with Crippen molar-refractivity contribution in [2.24, 2.45) is 0 Å². The number of methoxy groups -OCH3 is 1. The lowest BCUT2D eigenvalue weighted by Crippen LogP contribution is -2.32. The van der Waals surface area contributed by atoms with Crippen LogP contribution in [-0.2, 0) is 29.0 Å². The summed E-state index contributed by atoms with van der Waals surface area (Å²) in [6.07, 6.45) is -0.123. The number of rotatable bonds is 8. The van der Waals surface area contributed by atoms with Gasteiger partial charge in [-0.1, -0.05) is 60.7 Å². The number of hydrogen-bond donors (Lipinski definition) is 2. The zero-order valence-electron chi connectivity index (χ0n) is 20.2. The van der Waals surface area contributed by atoms with E-state index in [2.05, 4.69) is 10.6 Å². The average Bonchev–Trinajstić information content (AvgIpc) is 2.81. The molecule has 3 aromatic rings. The van der Waals surface area contributed by atoms with Gasteiger partial charge in [0.2, 0.25) is 5.91 Å². The van der Waals surface area contributed by atoms with Gasteiger partial charge in [-0.05, 0) is 60.7 Å². The largest absolute Gasteiger partial charge is 0.497 e. The number of benzene rings is 3. The average molecular weight is 461 g/mol. The summed E-state index contributed by atoms with van der Waals surface area (Å²) >= 11 is 0. The zero-order chi connectivity index (χ0) is 24.6. The molecule has 0 aliphatic heterocycles. The highest BCUT2D eigenvalue weighted by molar-refractivity contribution is 5.79. The molecule has 0 aliphatic rings. The Hall–Kier alpha value is -3.80. The summed E-state index contributed by atoms with van der Waals surface area (Å²) in [5.41, 5.74) is 4.57. The van der Waals surface area contributed by atoms with E-state index in [4.69, 9.17) is 9.47 Å². The fourth-order valence-corrected chi connectivity index (χ4v) is 3.31. The van der Waals surface area contributed by atoms with Gasteiger partial charge in [0.1, 0.15) is 11.4 Å². The lowest BCUT2D eigenvalue weighted by molar-refractivity contribution is -0.120. The first-order valence-electron chi connectivity index (χ1n) is 11.3. The summed E-state index contributed by atoms with van der Waals surface area (Å²) < 4.78 is 10.4. The summed E-state index contributed by atoms with van der Waals surface area (Å²) in [6, 6.07) is 23.6. The molecule has 0 radical (unpaired) electrons. The molecule has 34 heavy (non-hydrogen) atoms. The number of carbonyl (C=O) groups excluding carboxylic acids is 2. The van der Waals surface area contributed by atoms with Gasteiger partial charge >= 0.3 is 6.09 Å². The van der Waals surface area contributed by atoms with Crippen LogP contribution in [0, 0.1) is 0 Å². The summed E-state index contributed by atoms with van der Waals surface area (Å²) in [5, 5.41) is 5.69.